The fourth-order valence-corrected chi connectivity index (χ4v) is 3.27. The van der Waals surface area contributed by atoms with E-state index in [-0.39, 0.29) is 17.9 Å². The number of carboxylic acids is 1. The van der Waals surface area contributed by atoms with Gasteiger partial charge in [-0.2, -0.15) is 0 Å². The van der Waals surface area contributed by atoms with Crippen molar-refractivity contribution in [3.8, 4) is 0 Å². The average Bonchev–Trinajstić information content (AvgIpc) is 2.82. The Morgan fingerprint density at radius 1 is 1.24 bits per heavy atom. The molecule has 1 aliphatic rings. The van der Waals surface area contributed by atoms with Gasteiger partial charge in [0.25, 0.3) is 0 Å². The van der Waals surface area contributed by atoms with Gasteiger partial charge in [0.2, 0.25) is 5.91 Å². The Morgan fingerprint density at radius 2 is 1.81 bits per heavy atom. The lowest BCUT2D eigenvalue weighted by molar-refractivity contribution is -0.146. The van der Waals surface area contributed by atoms with Gasteiger partial charge < -0.3 is 10.4 Å². The highest BCUT2D eigenvalue weighted by Crippen LogP contribution is 2.36. The van der Waals surface area contributed by atoms with Gasteiger partial charge in [0.1, 0.15) is 0 Å². The smallest absolute Gasteiger partial charge is 0.307 e. The Morgan fingerprint density at radius 3 is 2.38 bits per heavy atom. The van der Waals surface area contributed by atoms with E-state index in [2.05, 4.69) is 21.2 Å². The van der Waals surface area contributed by atoms with Crippen molar-refractivity contribution >= 4 is 27.8 Å². The average molecular weight is 354 g/mol. The number of hydrogen-bond acceptors (Lipinski definition) is 2. The van der Waals surface area contributed by atoms with Crippen molar-refractivity contribution in [3.63, 3.8) is 0 Å². The number of rotatable bonds is 4. The summed E-state index contributed by atoms with van der Waals surface area (Å²) in [5.41, 5.74) is 1.00. The first-order chi connectivity index (χ1) is 9.88. The number of amides is 1. The monoisotopic (exact) mass is 353 g/mol. The zero-order valence-electron chi connectivity index (χ0n) is 12.2. The minimum atomic E-state index is -0.865. The molecule has 0 saturated heterocycles. The molecule has 1 fully saturated rings. The van der Waals surface area contributed by atoms with Crippen LogP contribution in [0.1, 0.15) is 38.3 Å². The molecule has 0 heterocycles. The second kappa shape index (κ2) is 6.60. The molecule has 4 nitrogen and oxygen atoms in total. The molecule has 1 saturated carbocycles. The number of carbonyl (C=O) groups excluding carboxylic acids is 1. The molecule has 1 amide bonds. The summed E-state index contributed by atoms with van der Waals surface area (Å²) in [7, 11) is 0. The summed E-state index contributed by atoms with van der Waals surface area (Å²) in [6.45, 7) is 3.91. The molecule has 1 aromatic carbocycles. The van der Waals surface area contributed by atoms with Gasteiger partial charge >= 0.3 is 5.97 Å². The first-order valence-corrected chi connectivity index (χ1v) is 7.96. The molecule has 114 valence electrons. The molecule has 0 radical (unpaired) electrons. The molecule has 2 rings (SSSR count). The fourth-order valence-electron chi connectivity index (χ4n) is 3.01. The molecular weight excluding hydrogens is 334 g/mol. The van der Waals surface area contributed by atoms with Gasteiger partial charge in [-0.3, -0.25) is 9.59 Å². The third-order valence-corrected chi connectivity index (χ3v) is 4.71. The van der Waals surface area contributed by atoms with Crippen molar-refractivity contribution in [2.45, 2.75) is 32.7 Å². The van der Waals surface area contributed by atoms with Crippen LogP contribution in [0.2, 0.25) is 0 Å². The third-order valence-electron chi connectivity index (χ3n) is 4.18. The Hall–Kier alpha value is -1.36. The van der Waals surface area contributed by atoms with Crippen LogP contribution in [0.3, 0.4) is 0 Å². The lowest BCUT2D eigenvalue weighted by atomic mass is 9.94. The van der Waals surface area contributed by atoms with Crippen LogP contribution in [-0.2, 0) is 9.59 Å². The highest BCUT2D eigenvalue weighted by molar-refractivity contribution is 9.10. The molecule has 21 heavy (non-hydrogen) atoms. The molecule has 1 unspecified atom stereocenters. The molecule has 2 N–H and O–H groups in total. The summed E-state index contributed by atoms with van der Waals surface area (Å²) >= 11 is 3.38. The van der Waals surface area contributed by atoms with Crippen LogP contribution >= 0.6 is 15.9 Å². The van der Waals surface area contributed by atoms with Crippen molar-refractivity contribution in [2.24, 2.45) is 17.8 Å². The Balaban J connectivity index is 2.03. The highest BCUT2D eigenvalue weighted by Gasteiger charge is 2.41. The summed E-state index contributed by atoms with van der Waals surface area (Å²) < 4.78 is 0.986. The van der Waals surface area contributed by atoms with Crippen LogP contribution in [0, 0.1) is 17.8 Å². The lowest BCUT2D eigenvalue weighted by Gasteiger charge is -2.20. The van der Waals surface area contributed by atoms with Gasteiger partial charge in [0, 0.05) is 4.47 Å². The molecule has 1 aliphatic carbocycles. The number of hydrogen-bond donors (Lipinski definition) is 2. The lowest BCUT2D eigenvalue weighted by Crippen LogP contribution is -2.36. The van der Waals surface area contributed by atoms with E-state index >= 15 is 0 Å². The van der Waals surface area contributed by atoms with E-state index in [1.807, 2.05) is 38.1 Å². The SMILES string of the molecule is CC1C[C@H](C(=O)N[C@H](C)c2ccc(Br)cc2)[C@H](C(=O)O)C1. The van der Waals surface area contributed by atoms with Crippen LogP contribution in [0.5, 0.6) is 0 Å². The van der Waals surface area contributed by atoms with Crippen molar-refractivity contribution < 1.29 is 14.7 Å². The minimum Gasteiger partial charge on any atom is -0.481 e. The van der Waals surface area contributed by atoms with Crippen molar-refractivity contribution in [1.82, 2.24) is 5.32 Å². The first-order valence-electron chi connectivity index (χ1n) is 7.17. The first kappa shape index (κ1) is 16.0. The van der Waals surface area contributed by atoms with Crippen LogP contribution in [0.15, 0.2) is 28.7 Å². The largest absolute Gasteiger partial charge is 0.481 e. The normalized spacial score (nSPS) is 26.3. The maximum absolute atomic E-state index is 12.4. The van der Waals surface area contributed by atoms with E-state index < -0.39 is 17.8 Å². The van der Waals surface area contributed by atoms with E-state index in [0.717, 1.165) is 10.0 Å². The van der Waals surface area contributed by atoms with Crippen molar-refractivity contribution in [3.05, 3.63) is 34.3 Å². The van der Waals surface area contributed by atoms with E-state index in [9.17, 15) is 14.7 Å². The molecule has 4 atom stereocenters. The van der Waals surface area contributed by atoms with Crippen LogP contribution in [-0.4, -0.2) is 17.0 Å². The Bertz CT molecular complexity index is 529. The molecule has 5 heteroatoms. The number of aliphatic carboxylic acids is 1. The van der Waals surface area contributed by atoms with E-state index in [4.69, 9.17) is 0 Å². The van der Waals surface area contributed by atoms with Crippen LogP contribution < -0.4 is 5.32 Å². The van der Waals surface area contributed by atoms with Crippen LogP contribution in [0.4, 0.5) is 0 Å². The van der Waals surface area contributed by atoms with Gasteiger partial charge in [-0.05, 0) is 43.4 Å². The van der Waals surface area contributed by atoms with Gasteiger partial charge in [-0.25, -0.2) is 0 Å². The summed E-state index contributed by atoms with van der Waals surface area (Å²) in [6.07, 6.45) is 1.23. The summed E-state index contributed by atoms with van der Waals surface area (Å²) in [4.78, 5) is 23.6. The molecule has 0 bridgehead atoms. The molecule has 0 spiro atoms. The number of halogens is 1. The minimum absolute atomic E-state index is 0.129. The van der Waals surface area contributed by atoms with Crippen LogP contribution in [0.25, 0.3) is 0 Å². The zero-order chi connectivity index (χ0) is 15.6. The molecule has 0 aliphatic heterocycles. The van der Waals surface area contributed by atoms with E-state index in [1.54, 1.807) is 0 Å². The number of nitrogens with one attached hydrogen (secondary N) is 1. The standard InChI is InChI=1S/C16H20BrNO3/c1-9-7-13(14(8-9)16(20)21)15(19)18-10(2)11-3-5-12(17)6-4-11/h3-6,9-10,13-14H,7-8H2,1-2H3,(H,18,19)(H,20,21)/t9?,10-,13+,14-/m1/s1. The zero-order valence-corrected chi connectivity index (χ0v) is 13.8. The Kier molecular flexibility index (Phi) is 5.04. The number of carbonyl (C=O) groups is 2. The third kappa shape index (κ3) is 3.84. The molecule has 1 aromatic rings. The molecule has 0 aromatic heterocycles. The topological polar surface area (TPSA) is 66.4 Å². The second-order valence-corrected chi connectivity index (χ2v) is 6.83. The van der Waals surface area contributed by atoms with Crippen molar-refractivity contribution in [1.29, 1.82) is 0 Å². The van der Waals surface area contributed by atoms with Gasteiger partial charge in [-0.1, -0.05) is 35.0 Å². The molecular formula is C16H20BrNO3. The summed E-state index contributed by atoms with van der Waals surface area (Å²) in [5, 5.41) is 12.2. The fraction of sp³-hybridized carbons (Fsp3) is 0.500. The predicted molar refractivity (Wildman–Crippen MR) is 83.7 cm³/mol. The highest BCUT2D eigenvalue weighted by atomic mass is 79.9. The van der Waals surface area contributed by atoms with E-state index in [0.29, 0.717) is 12.8 Å². The van der Waals surface area contributed by atoms with E-state index in [1.165, 1.54) is 0 Å². The summed E-state index contributed by atoms with van der Waals surface area (Å²) in [5.74, 6) is -1.71. The van der Waals surface area contributed by atoms with Crippen molar-refractivity contribution in [2.75, 3.05) is 0 Å². The van der Waals surface area contributed by atoms with Gasteiger partial charge in [0.05, 0.1) is 17.9 Å². The summed E-state index contributed by atoms with van der Waals surface area (Å²) in [6, 6.07) is 7.61. The number of carboxylic acid groups (broad SMARTS) is 1. The predicted octanol–water partition coefficient (Wildman–Crippen LogP) is 3.37. The van der Waals surface area contributed by atoms with Gasteiger partial charge in [0.15, 0.2) is 0 Å². The van der Waals surface area contributed by atoms with Gasteiger partial charge in [-0.15, -0.1) is 0 Å². The Labute approximate surface area is 133 Å². The quantitative estimate of drug-likeness (QED) is 0.871. The maximum atomic E-state index is 12.4. The number of benzene rings is 1. The second-order valence-electron chi connectivity index (χ2n) is 5.91. The maximum Gasteiger partial charge on any atom is 0.307 e.